The number of hydrogen-bond acceptors (Lipinski definition) is 4. The van der Waals surface area contributed by atoms with E-state index in [9.17, 15) is 0 Å². The molecule has 3 heterocycles. The summed E-state index contributed by atoms with van der Waals surface area (Å²) in [5, 5.41) is 7.71. The maximum absolute atomic E-state index is 3.89. The van der Waals surface area contributed by atoms with E-state index >= 15 is 0 Å². The van der Waals surface area contributed by atoms with Gasteiger partial charge in [-0.2, -0.15) is 0 Å². The Bertz CT molecular complexity index is 3200. The quantitative estimate of drug-likeness (QED) is 0.149. The highest BCUT2D eigenvalue weighted by Gasteiger charge is 2.44. The molecule has 13 rings (SSSR count). The predicted molar refractivity (Wildman–Crippen MR) is 281 cm³/mol. The lowest BCUT2D eigenvalue weighted by Crippen LogP contribution is -2.39. The lowest BCUT2D eigenvalue weighted by molar-refractivity contribution is 0.443. The van der Waals surface area contributed by atoms with Crippen LogP contribution in [-0.4, -0.2) is 12.1 Å². The number of allylic oxidation sites excluding steroid dienone is 6. The molecule has 330 valence electrons. The van der Waals surface area contributed by atoms with Gasteiger partial charge in [0.25, 0.3) is 0 Å². The van der Waals surface area contributed by atoms with Crippen LogP contribution in [-0.2, 0) is 0 Å². The van der Waals surface area contributed by atoms with Crippen molar-refractivity contribution in [2.75, 3.05) is 9.80 Å². The van der Waals surface area contributed by atoms with Crippen LogP contribution in [0.2, 0.25) is 0 Å². The van der Waals surface area contributed by atoms with Crippen LogP contribution in [0.4, 0.5) is 17.1 Å². The number of nitrogens with zero attached hydrogens (tertiary/aromatic N) is 2. The van der Waals surface area contributed by atoms with Gasteiger partial charge in [-0.25, -0.2) is 0 Å². The fourth-order valence-corrected chi connectivity index (χ4v) is 12.0. The Labute approximate surface area is 400 Å². The molecule has 0 bridgehead atoms. The van der Waals surface area contributed by atoms with Crippen LogP contribution < -0.4 is 20.4 Å². The van der Waals surface area contributed by atoms with E-state index in [1.165, 1.54) is 79.3 Å². The number of nitrogens with one attached hydrogen (secondary N) is 2. The summed E-state index contributed by atoms with van der Waals surface area (Å²) >= 11 is 0. The molecule has 0 aromatic heterocycles. The van der Waals surface area contributed by atoms with E-state index in [1.54, 1.807) is 5.57 Å². The molecule has 7 unspecified atom stereocenters. The molecule has 7 aromatic rings. The van der Waals surface area contributed by atoms with E-state index in [0.717, 1.165) is 18.5 Å². The molecule has 0 amide bonds. The minimum Gasteiger partial charge on any atom is -0.366 e. The Morgan fingerprint density at radius 3 is 2.01 bits per heavy atom. The summed E-state index contributed by atoms with van der Waals surface area (Å²) in [4.78, 5) is 5.16. The SMILES string of the molecule is C1=CC2C(CC1)C1=CC(C3=CC4c5ccccc5N(c5ccc(-c6cccc(-c7cccc(C8NC(c9ccccc9)=CC(c9ccccc9)N8)c7)c6)cc5)C4C=C3)CC=C1N2c1ccccc1. The van der Waals surface area contributed by atoms with Gasteiger partial charge < -0.3 is 15.1 Å². The Morgan fingerprint density at radius 2 is 1.19 bits per heavy atom. The summed E-state index contributed by atoms with van der Waals surface area (Å²) in [6.45, 7) is 0. The summed E-state index contributed by atoms with van der Waals surface area (Å²) in [6.07, 6.45) is 23.2. The van der Waals surface area contributed by atoms with Gasteiger partial charge in [0, 0.05) is 46.2 Å². The summed E-state index contributed by atoms with van der Waals surface area (Å²) in [7, 11) is 0. The van der Waals surface area contributed by atoms with Crippen LogP contribution >= 0.6 is 0 Å². The standard InChI is InChI=1S/C64H54N4/c1-4-16-44(17-5-1)58-42-59(45-18-6-2-7-19-45)66-64(65-58)51-23-15-22-48(39-51)47-21-14-20-46(38-47)43-30-34-53(35-31-43)68-61-29-13-11-27-55(61)57-41-50(33-37-63(57)68)49-32-36-62-56(40-49)54-26-10-12-28-60(54)67(62)52-24-8-3-9-25-52/h1-9,11-25,27-31,33-42,49,54,57-58,60,63-66H,10,26,32H2. The molecule has 6 aliphatic rings. The van der Waals surface area contributed by atoms with Gasteiger partial charge in [0.2, 0.25) is 0 Å². The fourth-order valence-electron chi connectivity index (χ4n) is 12.0. The van der Waals surface area contributed by atoms with Crippen LogP contribution in [0, 0.1) is 11.8 Å². The van der Waals surface area contributed by atoms with Crippen LogP contribution in [0.15, 0.2) is 254 Å². The summed E-state index contributed by atoms with van der Waals surface area (Å²) in [6, 6.07) is 69.3. The van der Waals surface area contributed by atoms with Gasteiger partial charge in [0.15, 0.2) is 0 Å². The van der Waals surface area contributed by atoms with Crippen molar-refractivity contribution in [1.29, 1.82) is 0 Å². The topological polar surface area (TPSA) is 30.5 Å². The van der Waals surface area contributed by atoms with Crippen molar-refractivity contribution in [3.05, 3.63) is 276 Å². The van der Waals surface area contributed by atoms with Crippen LogP contribution in [0.1, 0.15) is 59.6 Å². The van der Waals surface area contributed by atoms with Gasteiger partial charge in [0.05, 0.1) is 18.1 Å². The molecule has 1 saturated heterocycles. The highest BCUT2D eigenvalue weighted by molar-refractivity contribution is 5.79. The summed E-state index contributed by atoms with van der Waals surface area (Å²) in [5.41, 5.74) is 19.2. The average Bonchev–Trinajstić information content (AvgIpc) is 3.94. The van der Waals surface area contributed by atoms with E-state index in [0.29, 0.717) is 23.8 Å². The molecule has 4 heteroatoms. The smallest absolute Gasteiger partial charge is 0.104 e. The van der Waals surface area contributed by atoms with Crippen molar-refractivity contribution < 1.29 is 0 Å². The third kappa shape index (κ3) is 7.28. The first-order valence-electron chi connectivity index (χ1n) is 24.6. The Morgan fingerprint density at radius 1 is 0.515 bits per heavy atom. The van der Waals surface area contributed by atoms with Crippen molar-refractivity contribution in [3.8, 4) is 22.3 Å². The lowest BCUT2D eigenvalue weighted by atomic mass is 9.78. The van der Waals surface area contributed by atoms with Crippen molar-refractivity contribution in [3.63, 3.8) is 0 Å². The largest absolute Gasteiger partial charge is 0.366 e. The minimum absolute atomic E-state index is 0.0664. The molecule has 2 N–H and O–H groups in total. The Kier molecular flexibility index (Phi) is 10.3. The Balaban J connectivity index is 0.748. The molecule has 0 saturated carbocycles. The minimum atomic E-state index is -0.0664. The zero-order valence-electron chi connectivity index (χ0n) is 38.1. The maximum Gasteiger partial charge on any atom is 0.104 e. The van der Waals surface area contributed by atoms with Gasteiger partial charge in [-0.05, 0) is 123 Å². The highest BCUT2D eigenvalue weighted by atomic mass is 15.2. The molecule has 3 aliphatic heterocycles. The number of hydrogen-bond donors (Lipinski definition) is 2. The molecule has 0 radical (unpaired) electrons. The molecule has 7 aromatic carbocycles. The first-order chi connectivity index (χ1) is 33.7. The van der Waals surface area contributed by atoms with E-state index in [1.807, 2.05) is 0 Å². The van der Waals surface area contributed by atoms with Crippen molar-refractivity contribution >= 4 is 22.8 Å². The van der Waals surface area contributed by atoms with Crippen molar-refractivity contribution in [1.82, 2.24) is 10.6 Å². The zero-order valence-corrected chi connectivity index (χ0v) is 38.1. The third-order valence-electron chi connectivity index (χ3n) is 15.2. The van der Waals surface area contributed by atoms with Gasteiger partial charge in [-0.1, -0.05) is 188 Å². The van der Waals surface area contributed by atoms with Crippen molar-refractivity contribution in [2.24, 2.45) is 11.8 Å². The molecule has 4 nitrogen and oxygen atoms in total. The van der Waals surface area contributed by atoms with Crippen LogP contribution in [0.5, 0.6) is 0 Å². The van der Waals surface area contributed by atoms with E-state index in [-0.39, 0.29) is 18.2 Å². The molecular weight excluding hydrogens is 825 g/mol. The van der Waals surface area contributed by atoms with E-state index in [2.05, 4.69) is 257 Å². The highest BCUT2D eigenvalue weighted by Crippen LogP contribution is 2.52. The van der Waals surface area contributed by atoms with E-state index in [4.69, 9.17) is 0 Å². The van der Waals surface area contributed by atoms with Gasteiger partial charge >= 0.3 is 0 Å². The molecule has 1 fully saturated rings. The Hall–Kier alpha value is -7.66. The van der Waals surface area contributed by atoms with Gasteiger partial charge in [-0.3, -0.25) is 5.32 Å². The van der Waals surface area contributed by atoms with Crippen LogP contribution in [0.25, 0.3) is 28.0 Å². The molecule has 68 heavy (non-hydrogen) atoms. The number of benzene rings is 7. The molecule has 0 spiro atoms. The monoisotopic (exact) mass is 878 g/mol. The number of fused-ring (bicyclic) bond motifs is 6. The number of anilines is 3. The summed E-state index contributed by atoms with van der Waals surface area (Å²) in [5.74, 6) is 1.21. The first-order valence-corrected chi connectivity index (χ1v) is 24.6. The summed E-state index contributed by atoms with van der Waals surface area (Å²) < 4.78 is 0. The molecule has 7 atom stereocenters. The zero-order chi connectivity index (χ0) is 45.0. The van der Waals surface area contributed by atoms with Gasteiger partial charge in [0.1, 0.15) is 6.17 Å². The maximum atomic E-state index is 3.89. The number of para-hydroxylation sites is 2. The second-order valence-corrected chi connectivity index (χ2v) is 19.2. The van der Waals surface area contributed by atoms with Crippen LogP contribution in [0.3, 0.4) is 0 Å². The second kappa shape index (κ2) is 17.2. The second-order valence-electron chi connectivity index (χ2n) is 19.2. The lowest BCUT2D eigenvalue weighted by Gasteiger charge is -2.33. The van der Waals surface area contributed by atoms with Gasteiger partial charge in [-0.15, -0.1) is 0 Å². The normalized spacial score (nSPS) is 24.4. The molecular formula is C64H54N4. The third-order valence-corrected chi connectivity index (χ3v) is 15.2. The molecule has 3 aliphatic carbocycles. The van der Waals surface area contributed by atoms with E-state index < -0.39 is 0 Å². The fraction of sp³-hybridized carbons (Fsp3) is 0.156. The van der Waals surface area contributed by atoms with Crippen molar-refractivity contribution in [2.45, 2.75) is 49.5 Å². The first kappa shape index (κ1) is 40.6. The average molecular weight is 879 g/mol. The number of rotatable bonds is 8. The predicted octanol–water partition coefficient (Wildman–Crippen LogP) is 14.8.